The summed E-state index contributed by atoms with van der Waals surface area (Å²) in [4.78, 5) is 27.8. The fourth-order valence-corrected chi connectivity index (χ4v) is 3.43. The Morgan fingerprint density at radius 3 is 2.24 bits per heavy atom. The third-order valence-corrected chi connectivity index (χ3v) is 5.20. The Hall–Kier alpha value is -1.14. The van der Waals surface area contributed by atoms with Crippen LogP contribution in [0.4, 0.5) is 0 Å². The monoisotopic (exact) mass is 297 g/mol. The van der Waals surface area contributed by atoms with Crippen LogP contribution in [-0.4, -0.2) is 72.1 Å². The Balaban J connectivity index is 1.94. The summed E-state index contributed by atoms with van der Waals surface area (Å²) in [7, 11) is 0. The first-order chi connectivity index (χ1) is 10.00. The first-order valence-electron chi connectivity index (χ1n) is 7.97. The van der Waals surface area contributed by atoms with Crippen molar-refractivity contribution in [3.63, 3.8) is 0 Å². The number of carbonyl (C=O) groups excluding carboxylic acids is 1. The molecule has 1 amide bonds. The highest BCUT2D eigenvalue weighted by Crippen LogP contribution is 2.35. The topological polar surface area (TPSA) is 72.9 Å². The van der Waals surface area contributed by atoms with E-state index in [1.165, 1.54) is 0 Å². The van der Waals surface area contributed by atoms with Gasteiger partial charge in [0.2, 0.25) is 5.91 Å². The van der Waals surface area contributed by atoms with Gasteiger partial charge in [-0.3, -0.25) is 14.5 Å². The second kappa shape index (κ2) is 6.75. The summed E-state index contributed by atoms with van der Waals surface area (Å²) in [6.45, 7) is 8.23. The van der Waals surface area contributed by atoms with Gasteiger partial charge >= 0.3 is 5.97 Å². The van der Waals surface area contributed by atoms with Gasteiger partial charge in [0.15, 0.2) is 0 Å². The summed E-state index contributed by atoms with van der Waals surface area (Å²) in [6.07, 6.45) is 2.71. The van der Waals surface area contributed by atoms with Gasteiger partial charge in [-0.2, -0.15) is 0 Å². The number of carboxylic acid groups (broad SMARTS) is 1. The summed E-state index contributed by atoms with van der Waals surface area (Å²) in [5, 5.41) is 12.4. The van der Waals surface area contributed by atoms with Crippen LogP contribution in [-0.2, 0) is 9.59 Å². The Labute approximate surface area is 126 Å². The Morgan fingerprint density at radius 1 is 1.19 bits per heavy atom. The summed E-state index contributed by atoms with van der Waals surface area (Å²) >= 11 is 0. The molecule has 0 aromatic heterocycles. The van der Waals surface area contributed by atoms with Gasteiger partial charge in [-0.15, -0.1) is 0 Å². The highest BCUT2D eigenvalue weighted by atomic mass is 16.4. The van der Waals surface area contributed by atoms with Gasteiger partial charge in [0.25, 0.3) is 0 Å². The predicted octanol–water partition coefficient (Wildman–Crippen LogP) is 0.384. The first-order valence-corrected chi connectivity index (χ1v) is 7.97. The molecule has 0 spiro atoms. The molecule has 2 rings (SSSR count). The minimum Gasteiger partial charge on any atom is -0.480 e. The lowest BCUT2D eigenvalue weighted by Gasteiger charge is -2.43. The second-order valence-corrected chi connectivity index (χ2v) is 6.23. The van der Waals surface area contributed by atoms with E-state index in [-0.39, 0.29) is 11.3 Å². The largest absolute Gasteiger partial charge is 0.480 e. The minimum absolute atomic E-state index is 0.203. The van der Waals surface area contributed by atoms with Crippen molar-refractivity contribution >= 4 is 11.9 Å². The zero-order chi connectivity index (χ0) is 15.5. The van der Waals surface area contributed by atoms with Crippen LogP contribution in [0.15, 0.2) is 0 Å². The number of rotatable bonds is 4. The Morgan fingerprint density at radius 2 is 1.76 bits per heavy atom. The number of nitrogens with zero attached hydrogens (tertiary/aromatic N) is 2. The average Bonchev–Trinajstić information content (AvgIpc) is 2.54. The van der Waals surface area contributed by atoms with Crippen LogP contribution in [0.2, 0.25) is 0 Å². The van der Waals surface area contributed by atoms with Crippen LogP contribution in [0.1, 0.15) is 33.1 Å². The average molecular weight is 297 g/mol. The first kappa shape index (κ1) is 16.2. The van der Waals surface area contributed by atoms with E-state index < -0.39 is 12.0 Å². The molecule has 2 N–H and O–H groups in total. The molecule has 0 aromatic carbocycles. The third-order valence-electron chi connectivity index (χ3n) is 5.20. The highest BCUT2D eigenvalue weighted by Gasteiger charge is 2.41. The molecule has 0 radical (unpaired) electrons. The van der Waals surface area contributed by atoms with Crippen LogP contribution in [0.3, 0.4) is 0 Å². The molecule has 1 unspecified atom stereocenters. The Bertz CT molecular complexity index is 386. The molecule has 0 bridgehead atoms. The standard InChI is InChI=1S/C15H27N3O3/c1-3-15(4-6-16-7-5-15)14(21)18-10-8-17(9-11-18)12(2)13(19)20/h12,16H,3-11H2,1-2H3,(H,19,20). The van der Waals surface area contributed by atoms with E-state index in [0.717, 1.165) is 32.4 Å². The van der Waals surface area contributed by atoms with Gasteiger partial charge in [0.05, 0.1) is 5.41 Å². The lowest BCUT2D eigenvalue weighted by molar-refractivity contribution is -0.148. The number of piperazine rings is 1. The summed E-state index contributed by atoms with van der Waals surface area (Å²) < 4.78 is 0. The molecule has 1 atom stereocenters. The molecule has 6 heteroatoms. The SMILES string of the molecule is CCC1(C(=O)N2CCN(C(C)C(=O)O)CC2)CCNCC1. The van der Waals surface area contributed by atoms with E-state index in [4.69, 9.17) is 5.11 Å². The maximum Gasteiger partial charge on any atom is 0.320 e. The molecule has 6 nitrogen and oxygen atoms in total. The number of carbonyl (C=O) groups is 2. The van der Waals surface area contributed by atoms with Crippen molar-refractivity contribution in [3.05, 3.63) is 0 Å². The molecule has 120 valence electrons. The summed E-state index contributed by atoms with van der Waals surface area (Å²) in [5.74, 6) is -0.521. The van der Waals surface area contributed by atoms with Crippen molar-refractivity contribution in [2.45, 2.75) is 39.2 Å². The van der Waals surface area contributed by atoms with E-state index in [0.29, 0.717) is 26.2 Å². The molecule has 2 fully saturated rings. The molecule has 2 saturated heterocycles. The second-order valence-electron chi connectivity index (χ2n) is 6.23. The predicted molar refractivity (Wildman–Crippen MR) is 80.1 cm³/mol. The normalized spacial score (nSPS) is 24.6. The van der Waals surface area contributed by atoms with Crippen molar-refractivity contribution in [3.8, 4) is 0 Å². The van der Waals surface area contributed by atoms with Gasteiger partial charge < -0.3 is 15.3 Å². The van der Waals surface area contributed by atoms with Crippen LogP contribution in [0, 0.1) is 5.41 Å². The number of nitrogens with one attached hydrogen (secondary N) is 1. The summed E-state index contributed by atoms with van der Waals surface area (Å²) in [5.41, 5.74) is -0.203. The number of hydrogen-bond donors (Lipinski definition) is 2. The molecule has 2 heterocycles. The van der Waals surface area contributed by atoms with Crippen LogP contribution in [0.25, 0.3) is 0 Å². The molecule has 2 aliphatic rings. The number of carboxylic acids is 1. The van der Waals surface area contributed by atoms with Crippen LogP contribution in [0.5, 0.6) is 0 Å². The van der Waals surface area contributed by atoms with Crippen molar-refractivity contribution < 1.29 is 14.7 Å². The molecular weight excluding hydrogens is 270 g/mol. The quantitative estimate of drug-likeness (QED) is 0.785. The van der Waals surface area contributed by atoms with Crippen molar-refractivity contribution in [1.82, 2.24) is 15.1 Å². The minimum atomic E-state index is -0.793. The van der Waals surface area contributed by atoms with Gasteiger partial charge in [-0.05, 0) is 39.3 Å². The van der Waals surface area contributed by atoms with E-state index in [2.05, 4.69) is 12.2 Å². The van der Waals surface area contributed by atoms with Crippen molar-refractivity contribution in [2.75, 3.05) is 39.3 Å². The van der Waals surface area contributed by atoms with Gasteiger partial charge in [-0.25, -0.2) is 0 Å². The van der Waals surface area contributed by atoms with Crippen LogP contribution >= 0.6 is 0 Å². The summed E-state index contributed by atoms with van der Waals surface area (Å²) in [6, 6.07) is -0.471. The van der Waals surface area contributed by atoms with Gasteiger partial charge in [-0.1, -0.05) is 6.92 Å². The van der Waals surface area contributed by atoms with E-state index in [9.17, 15) is 9.59 Å². The van der Waals surface area contributed by atoms with E-state index in [1.807, 2.05) is 9.80 Å². The molecule has 0 saturated carbocycles. The zero-order valence-electron chi connectivity index (χ0n) is 13.1. The number of aliphatic carboxylic acids is 1. The zero-order valence-corrected chi connectivity index (χ0v) is 13.1. The molecule has 0 aliphatic carbocycles. The Kier molecular flexibility index (Phi) is 5.22. The third kappa shape index (κ3) is 3.37. The number of piperidine rings is 1. The molecular formula is C15H27N3O3. The van der Waals surface area contributed by atoms with E-state index in [1.54, 1.807) is 6.92 Å². The van der Waals surface area contributed by atoms with Crippen molar-refractivity contribution in [1.29, 1.82) is 0 Å². The smallest absolute Gasteiger partial charge is 0.320 e. The van der Waals surface area contributed by atoms with E-state index >= 15 is 0 Å². The molecule has 2 aliphatic heterocycles. The van der Waals surface area contributed by atoms with Crippen LogP contribution < -0.4 is 5.32 Å². The van der Waals surface area contributed by atoms with Gasteiger partial charge in [0.1, 0.15) is 6.04 Å². The lowest BCUT2D eigenvalue weighted by Crippen LogP contribution is -2.57. The maximum absolute atomic E-state index is 12.9. The molecule has 21 heavy (non-hydrogen) atoms. The fraction of sp³-hybridized carbons (Fsp3) is 0.867. The molecule has 0 aromatic rings. The number of hydrogen-bond acceptors (Lipinski definition) is 4. The lowest BCUT2D eigenvalue weighted by atomic mass is 9.75. The van der Waals surface area contributed by atoms with Gasteiger partial charge in [0, 0.05) is 26.2 Å². The highest BCUT2D eigenvalue weighted by molar-refractivity contribution is 5.83. The maximum atomic E-state index is 12.9. The fourth-order valence-electron chi connectivity index (χ4n) is 3.43. The van der Waals surface area contributed by atoms with Crippen molar-refractivity contribution in [2.24, 2.45) is 5.41 Å². The number of amides is 1.